The van der Waals surface area contributed by atoms with Crippen molar-refractivity contribution >= 4 is 17.7 Å². The fourth-order valence-electron chi connectivity index (χ4n) is 0.644. The number of rotatable bonds is 5. The summed E-state index contributed by atoms with van der Waals surface area (Å²) in [5, 5.41) is 3.26. The first-order valence-corrected chi connectivity index (χ1v) is 5.46. The fraction of sp³-hybridized carbons (Fsp3) is 0.875. The molecule has 2 atom stereocenters. The van der Waals surface area contributed by atoms with Crippen LogP contribution in [0.5, 0.6) is 0 Å². The monoisotopic (exact) mass is 190 g/mol. The lowest BCUT2D eigenvalue weighted by molar-refractivity contribution is -0.122. The minimum atomic E-state index is -0.348. The van der Waals surface area contributed by atoms with E-state index < -0.39 is 0 Å². The third-order valence-corrected chi connectivity index (χ3v) is 2.71. The minimum Gasteiger partial charge on any atom is -0.354 e. The Morgan fingerprint density at radius 3 is 2.67 bits per heavy atom. The van der Waals surface area contributed by atoms with Gasteiger partial charge in [-0.25, -0.2) is 0 Å². The zero-order valence-corrected chi connectivity index (χ0v) is 8.78. The third-order valence-electron chi connectivity index (χ3n) is 1.74. The summed E-state index contributed by atoms with van der Waals surface area (Å²) in [5.41, 5.74) is 5.53. The number of carbonyl (C=O) groups is 1. The molecule has 12 heavy (non-hydrogen) atoms. The van der Waals surface area contributed by atoms with Crippen molar-refractivity contribution in [2.75, 3.05) is 12.8 Å². The molecule has 0 aromatic heterocycles. The lowest BCUT2D eigenvalue weighted by atomic mass is 10.2. The van der Waals surface area contributed by atoms with E-state index in [0.29, 0.717) is 18.2 Å². The number of nitrogens with one attached hydrogen (secondary N) is 1. The van der Waals surface area contributed by atoms with E-state index in [9.17, 15) is 4.79 Å². The van der Waals surface area contributed by atoms with Crippen LogP contribution in [0.3, 0.4) is 0 Å². The van der Waals surface area contributed by atoms with E-state index in [-0.39, 0.29) is 11.9 Å². The first-order chi connectivity index (χ1) is 5.61. The van der Waals surface area contributed by atoms with Gasteiger partial charge in [0.15, 0.2) is 0 Å². The van der Waals surface area contributed by atoms with Gasteiger partial charge in [0.2, 0.25) is 5.91 Å². The molecule has 4 heteroatoms. The second kappa shape index (κ2) is 6.31. The molecule has 3 N–H and O–H groups in total. The maximum atomic E-state index is 11.1. The molecule has 0 heterocycles. The van der Waals surface area contributed by atoms with Gasteiger partial charge in [-0.3, -0.25) is 4.79 Å². The zero-order chi connectivity index (χ0) is 9.56. The van der Waals surface area contributed by atoms with E-state index >= 15 is 0 Å². The smallest absolute Gasteiger partial charge is 0.236 e. The maximum absolute atomic E-state index is 11.1. The number of hydrogen-bond acceptors (Lipinski definition) is 3. The molecular formula is C8H18N2OS. The standard InChI is InChI=1S/C8H18N2OS/c1-4-7(9)8(11)10-5-6(2)12-3/h6-7H,4-5,9H2,1-3H3,(H,10,11)/t6?,7-/m0/s1. The van der Waals surface area contributed by atoms with Crippen LogP contribution in [0.4, 0.5) is 0 Å². The summed E-state index contributed by atoms with van der Waals surface area (Å²) < 4.78 is 0. The van der Waals surface area contributed by atoms with Gasteiger partial charge in [-0.2, -0.15) is 11.8 Å². The minimum absolute atomic E-state index is 0.0431. The van der Waals surface area contributed by atoms with Crippen LogP contribution >= 0.6 is 11.8 Å². The average Bonchev–Trinajstić information content (AvgIpc) is 2.11. The molecule has 0 saturated heterocycles. The van der Waals surface area contributed by atoms with Crippen LogP contribution in [0.25, 0.3) is 0 Å². The fourth-order valence-corrected chi connectivity index (χ4v) is 0.894. The van der Waals surface area contributed by atoms with Gasteiger partial charge >= 0.3 is 0 Å². The molecule has 72 valence electrons. The lowest BCUT2D eigenvalue weighted by Crippen LogP contribution is -2.42. The Bertz CT molecular complexity index is 141. The molecule has 0 aliphatic rings. The van der Waals surface area contributed by atoms with E-state index in [2.05, 4.69) is 12.2 Å². The SMILES string of the molecule is CC[C@H](N)C(=O)NCC(C)SC. The van der Waals surface area contributed by atoms with Crippen molar-refractivity contribution in [1.29, 1.82) is 0 Å². The largest absolute Gasteiger partial charge is 0.354 e. The second-order valence-electron chi connectivity index (χ2n) is 2.81. The second-order valence-corrected chi connectivity index (χ2v) is 4.08. The van der Waals surface area contributed by atoms with Gasteiger partial charge in [-0.05, 0) is 12.7 Å². The van der Waals surface area contributed by atoms with Crippen molar-refractivity contribution in [1.82, 2.24) is 5.32 Å². The van der Waals surface area contributed by atoms with Crippen molar-refractivity contribution < 1.29 is 4.79 Å². The average molecular weight is 190 g/mol. The molecule has 0 spiro atoms. The molecule has 1 unspecified atom stereocenters. The molecule has 0 aromatic rings. The summed E-state index contributed by atoms with van der Waals surface area (Å²) in [6, 6.07) is -0.348. The summed E-state index contributed by atoms with van der Waals surface area (Å²) in [6.45, 7) is 4.68. The Morgan fingerprint density at radius 2 is 2.25 bits per heavy atom. The number of nitrogens with two attached hydrogens (primary N) is 1. The summed E-state index contributed by atoms with van der Waals surface area (Å²) in [5.74, 6) is -0.0431. The summed E-state index contributed by atoms with van der Waals surface area (Å²) in [4.78, 5) is 11.1. The van der Waals surface area contributed by atoms with Gasteiger partial charge in [0.1, 0.15) is 0 Å². The Labute approximate surface area is 78.5 Å². The van der Waals surface area contributed by atoms with Crippen molar-refractivity contribution in [3.8, 4) is 0 Å². The van der Waals surface area contributed by atoms with E-state index in [1.807, 2.05) is 13.2 Å². The molecule has 3 nitrogen and oxygen atoms in total. The Hall–Kier alpha value is -0.220. The number of hydrogen-bond donors (Lipinski definition) is 2. The molecule has 0 aromatic carbocycles. The molecular weight excluding hydrogens is 172 g/mol. The van der Waals surface area contributed by atoms with E-state index in [4.69, 9.17) is 5.73 Å². The highest BCUT2D eigenvalue weighted by Crippen LogP contribution is 2.02. The van der Waals surface area contributed by atoms with Crippen LogP contribution in [0, 0.1) is 0 Å². The zero-order valence-electron chi connectivity index (χ0n) is 7.96. The van der Waals surface area contributed by atoms with Gasteiger partial charge in [0, 0.05) is 11.8 Å². The molecule has 0 rings (SSSR count). The van der Waals surface area contributed by atoms with Crippen molar-refractivity contribution in [2.24, 2.45) is 5.73 Å². The predicted molar refractivity (Wildman–Crippen MR) is 54.3 cm³/mol. The number of carbonyl (C=O) groups excluding carboxylic acids is 1. The van der Waals surface area contributed by atoms with Gasteiger partial charge in [-0.1, -0.05) is 13.8 Å². The van der Waals surface area contributed by atoms with Gasteiger partial charge < -0.3 is 11.1 Å². The summed E-state index contributed by atoms with van der Waals surface area (Å²) in [7, 11) is 0. The molecule has 0 radical (unpaired) electrons. The highest BCUT2D eigenvalue weighted by Gasteiger charge is 2.10. The van der Waals surface area contributed by atoms with Gasteiger partial charge in [0.25, 0.3) is 0 Å². The third kappa shape index (κ3) is 4.62. The van der Waals surface area contributed by atoms with Crippen LogP contribution in [0.1, 0.15) is 20.3 Å². The van der Waals surface area contributed by atoms with Gasteiger partial charge in [0.05, 0.1) is 6.04 Å². The quantitative estimate of drug-likeness (QED) is 0.667. The molecule has 0 aliphatic carbocycles. The predicted octanol–water partition coefficient (Wildman–Crippen LogP) is 0.591. The molecule has 1 amide bonds. The van der Waals surface area contributed by atoms with Crippen LogP contribution in [-0.4, -0.2) is 30.0 Å². The maximum Gasteiger partial charge on any atom is 0.236 e. The Balaban J connectivity index is 3.56. The Morgan fingerprint density at radius 1 is 1.67 bits per heavy atom. The van der Waals surface area contributed by atoms with Crippen LogP contribution in [0.15, 0.2) is 0 Å². The molecule has 0 aliphatic heterocycles. The van der Waals surface area contributed by atoms with Crippen LogP contribution in [0.2, 0.25) is 0 Å². The number of amides is 1. The lowest BCUT2D eigenvalue weighted by Gasteiger charge is -2.12. The summed E-state index contributed by atoms with van der Waals surface area (Å²) >= 11 is 1.73. The topological polar surface area (TPSA) is 55.1 Å². The molecule has 0 bridgehead atoms. The highest BCUT2D eigenvalue weighted by molar-refractivity contribution is 7.99. The van der Waals surface area contributed by atoms with Crippen molar-refractivity contribution in [3.63, 3.8) is 0 Å². The Kier molecular flexibility index (Phi) is 6.20. The molecule has 0 fully saturated rings. The van der Waals surface area contributed by atoms with E-state index in [0.717, 1.165) is 0 Å². The van der Waals surface area contributed by atoms with E-state index in [1.165, 1.54) is 0 Å². The first-order valence-electron chi connectivity index (χ1n) is 4.17. The van der Waals surface area contributed by atoms with Gasteiger partial charge in [-0.15, -0.1) is 0 Å². The normalized spacial score (nSPS) is 15.3. The number of thioether (sulfide) groups is 1. The van der Waals surface area contributed by atoms with E-state index in [1.54, 1.807) is 11.8 Å². The van der Waals surface area contributed by atoms with Crippen LogP contribution < -0.4 is 11.1 Å². The highest BCUT2D eigenvalue weighted by atomic mass is 32.2. The van der Waals surface area contributed by atoms with Crippen molar-refractivity contribution in [2.45, 2.75) is 31.6 Å². The molecule has 0 saturated carbocycles. The first kappa shape index (κ1) is 11.8. The van der Waals surface area contributed by atoms with Crippen molar-refractivity contribution in [3.05, 3.63) is 0 Å². The van der Waals surface area contributed by atoms with Crippen LogP contribution in [-0.2, 0) is 4.79 Å². The summed E-state index contributed by atoms with van der Waals surface area (Å²) in [6.07, 6.45) is 2.72.